The summed E-state index contributed by atoms with van der Waals surface area (Å²) in [7, 11) is 0. The maximum atomic E-state index is 13.2. The maximum Gasteiger partial charge on any atom is 0.414 e. The number of nitrogens with zero attached hydrogens (tertiary/aromatic N) is 2. The lowest BCUT2D eigenvalue weighted by molar-refractivity contribution is -0.159. The normalized spacial score (nSPS) is 10.3. The molecule has 1 heterocycles. The van der Waals surface area contributed by atoms with Crippen LogP contribution in [-0.4, -0.2) is 44.2 Å². The molecular formula is C24H20F2N4O5. The molecule has 0 aliphatic heterocycles. The number of para-hydroxylation sites is 2. The van der Waals surface area contributed by atoms with Crippen LogP contribution >= 0.6 is 0 Å². The van der Waals surface area contributed by atoms with Crippen LogP contribution in [0.2, 0.25) is 0 Å². The molecule has 0 bridgehead atoms. The topological polar surface area (TPSA) is 134 Å². The third-order valence-electron chi connectivity index (χ3n) is 4.67. The van der Waals surface area contributed by atoms with Crippen LogP contribution in [0, 0.1) is 11.6 Å². The number of carboxylic acid groups (broad SMARTS) is 2. The summed E-state index contributed by atoms with van der Waals surface area (Å²) in [4.78, 5) is 34.5. The van der Waals surface area contributed by atoms with Crippen LogP contribution in [0.4, 0.5) is 14.5 Å². The Kier molecular flexibility index (Phi) is 8.20. The molecule has 0 saturated heterocycles. The van der Waals surface area contributed by atoms with Crippen LogP contribution in [0.1, 0.15) is 5.56 Å². The fourth-order valence-corrected chi connectivity index (χ4v) is 3.04. The first-order valence-electron chi connectivity index (χ1n) is 10.2. The molecule has 4 aromatic rings. The molecule has 0 atom stereocenters. The minimum Gasteiger partial charge on any atom is -0.473 e. The Bertz CT molecular complexity index is 1340. The van der Waals surface area contributed by atoms with E-state index in [9.17, 15) is 13.6 Å². The van der Waals surface area contributed by atoms with E-state index in [1.165, 1.54) is 6.07 Å². The molecule has 0 unspecified atom stereocenters. The number of rotatable bonds is 6. The van der Waals surface area contributed by atoms with Crippen molar-refractivity contribution in [3.63, 3.8) is 0 Å². The molecule has 0 fully saturated rings. The van der Waals surface area contributed by atoms with E-state index in [0.717, 1.165) is 34.4 Å². The Labute approximate surface area is 197 Å². The van der Waals surface area contributed by atoms with Crippen LogP contribution in [-0.2, 0) is 20.9 Å². The van der Waals surface area contributed by atoms with Gasteiger partial charge in [0.2, 0.25) is 5.91 Å². The van der Waals surface area contributed by atoms with E-state index < -0.39 is 23.6 Å². The highest BCUT2D eigenvalue weighted by molar-refractivity contribution is 6.27. The van der Waals surface area contributed by atoms with Gasteiger partial charge in [0, 0.05) is 24.0 Å². The number of anilines is 1. The number of hydrogen-bond donors (Lipinski definition) is 4. The summed E-state index contributed by atoms with van der Waals surface area (Å²) in [6.45, 7) is 0.545. The van der Waals surface area contributed by atoms with Crippen LogP contribution in [0.3, 0.4) is 0 Å². The highest BCUT2D eigenvalue weighted by Gasteiger charge is 2.07. The molecule has 4 rings (SSSR count). The van der Waals surface area contributed by atoms with Crippen molar-refractivity contribution in [2.75, 3.05) is 11.9 Å². The first-order chi connectivity index (χ1) is 16.7. The van der Waals surface area contributed by atoms with E-state index >= 15 is 0 Å². The highest BCUT2D eigenvalue weighted by atomic mass is 19.2. The van der Waals surface area contributed by atoms with Gasteiger partial charge in [-0.2, -0.15) is 0 Å². The third-order valence-corrected chi connectivity index (χ3v) is 4.67. The largest absolute Gasteiger partial charge is 0.473 e. The summed E-state index contributed by atoms with van der Waals surface area (Å²) in [5, 5.41) is 20.3. The lowest BCUT2D eigenvalue weighted by atomic mass is 10.2. The molecule has 0 spiro atoms. The second-order valence-electron chi connectivity index (χ2n) is 7.16. The Morgan fingerprint density at radius 1 is 0.886 bits per heavy atom. The number of halogens is 2. The summed E-state index contributed by atoms with van der Waals surface area (Å²) in [6.07, 6.45) is 1.79. The number of aliphatic carboxylic acids is 2. The standard InChI is InChI=1S/C22H18F2N4O.C2H2O4/c23-18-10-7-16(11-19(18)24)27-22(29)13-25-12-15-5-8-17(9-6-15)28-14-26-20-3-1-2-4-21(20)28;3-1(4)2(5)6/h1-11,14,25H,12-13H2,(H,27,29);(H,3,4)(H,5,6). The Morgan fingerprint density at radius 2 is 1.57 bits per heavy atom. The number of carboxylic acids is 2. The van der Waals surface area contributed by atoms with Crippen molar-refractivity contribution < 1.29 is 33.4 Å². The van der Waals surface area contributed by atoms with Crippen molar-refractivity contribution in [1.29, 1.82) is 0 Å². The zero-order valence-electron chi connectivity index (χ0n) is 18.1. The van der Waals surface area contributed by atoms with Gasteiger partial charge in [0.25, 0.3) is 0 Å². The monoisotopic (exact) mass is 482 g/mol. The van der Waals surface area contributed by atoms with Crippen molar-refractivity contribution in [3.05, 3.63) is 90.3 Å². The van der Waals surface area contributed by atoms with Crippen molar-refractivity contribution >= 4 is 34.6 Å². The van der Waals surface area contributed by atoms with E-state index in [1.54, 1.807) is 6.33 Å². The van der Waals surface area contributed by atoms with Gasteiger partial charge in [-0.15, -0.1) is 0 Å². The van der Waals surface area contributed by atoms with Gasteiger partial charge >= 0.3 is 11.9 Å². The zero-order chi connectivity index (χ0) is 25.4. The quantitative estimate of drug-likeness (QED) is 0.310. The smallest absolute Gasteiger partial charge is 0.414 e. The number of hydrogen-bond acceptors (Lipinski definition) is 5. The molecule has 35 heavy (non-hydrogen) atoms. The maximum absolute atomic E-state index is 13.2. The number of imidazole rings is 1. The Hall–Kier alpha value is -4.64. The molecule has 4 N–H and O–H groups in total. The molecule has 1 amide bonds. The fourth-order valence-electron chi connectivity index (χ4n) is 3.04. The SMILES string of the molecule is O=C(CNCc1ccc(-n2cnc3ccccc32)cc1)Nc1ccc(F)c(F)c1.O=C(O)C(=O)O. The number of fused-ring (bicyclic) bond motifs is 1. The lowest BCUT2D eigenvalue weighted by Gasteiger charge is -2.09. The van der Waals surface area contributed by atoms with Gasteiger partial charge in [-0.3, -0.25) is 9.36 Å². The highest BCUT2D eigenvalue weighted by Crippen LogP contribution is 2.18. The third kappa shape index (κ3) is 6.92. The van der Waals surface area contributed by atoms with Crippen LogP contribution < -0.4 is 10.6 Å². The van der Waals surface area contributed by atoms with Crippen LogP contribution in [0.5, 0.6) is 0 Å². The molecule has 0 aliphatic rings. The predicted octanol–water partition coefficient (Wildman–Crippen LogP) is 3.19. The van der Waals surface area contributed by atoms with E-state index in [1.807, 2.05) is 53.1 Å². The van der Waals surface area contributed by atoms with Gasteiger partial charge in [0.15, 0.2) is 11.6 Å². The summed E-state index contributed by atoms with van der Waals surface area (Å²) in [6, 6.07) is 19.1. The van der Waals surface area contributed by atoms with Crippen molar-refractivity contribution in [2.24, 2.45) is 0 Å². The van der Waals surface area contributed by atoms with Crippen LogP contribution in [0.15, 0.2) is 73.1 Å². The van der Waals surface area contributed by atoms with Gasteiger partial charge in [-0.1, -0.05) is 24.3 Å². The second kappa shape index (κ2) is 11.5. The van der Waals surface area contributed by atoms with Gasteiger partial charge in [-0.25, -0.2) is 23.4 Å². The molecule has 11 heteroatoms. The number of carbonyl (C=O) groups is 3. The Balaban J connectivity index is 0.000000509. The van der Waals surface area contributed by atoms with E-state index in [4.69, 9.17) is 19.8 Å². The van der Waals surface area contributed by atoms with E-state index in [-0.39, 0.29) is 18.1 Å². The summed E-state index contributed by atoms with van der Waals surface area (Å²) in [5.41, 5.74) is 4.20. The number of nitrogens with one attached hydrogen (secondary N) is 2. The minimum atomic E-state index is -1.82. The number of amides is 1. The average molecular weight is 482 g/mol. The summed E-state index contributed by atoms with van der Waals surface area (Å²) in [5.74, 6) is -5.93. The molecule has 0 radical (unpaired) electrons. The zero-order valence-corrected chi connectivity index (χ0v) is 18.1. The van der Waals surface area contributed by atoms with Crippen molar-refractivity contribution in [3.8, 4) is 5.69 Å². The first-order valence-corrected chi connectivity index (χ1v) is 10.2. The lowest BCUT2D eigenvalue weighted by Crippen LogP contribution is -2.27. The van der Waals surface area contributed by atoms with Gasteiger partial charge in [0.1, 0.15) is 6.33 Å². The van der Waals surface area contributed by atoms with Gasteiger partial charge < -0.3 is 20.8 Å². The van der Waals surface area contributed by atoms with E-state index in [0.29, 0.717) is 6.54 Å². The molecule has 180 valence electrons. The summed E-state index contributed by atoms with van der Waals surface area (Å²) >= 11 is 0. The predicted molar refractivity (Wildman–Crippen MR) is 123 cm³/mol. The van der Waals surface area contributed by atoms with Gasteiger partial charge in [0.05, 0.1) is 17.6 Å². The van der Waals surface area contributed by atoms with E-state index in [2.05, 4.69) is 15.6 Å². The molecule has 0 saturated carbocycles. The summed E-state index contributed by atoms with van der Waals surface area (Å²) < 4.78 is 28.1. The molecule has 9 nitrogen and oxygen atoms in total. The van der Waals surface area contributed by atoms with Crippen LogP contribution in [0.25, 0.3) is 16.7 Å². The van der Waals surface area contributed by atoms with Crippen molar-refractivity contribution in [2.45, 2.75) is 6.54 Å². The Morgan fingerprint density at radius 3 is 2.23 bits per heavy atom. The minimum absolute atomic E-state index is 0.0485. The van der Waals surface area contributed by atoms with Crippen molar-refractivity contribution in [1.82, 2.24) is 14.9 Å². The average Bonchev–Trinajstić information content (AvgIpc) is 3.26. The number of benzene rings is 3. The molecule has 0 aliphatic carbocycles. The molecular weight excluding hydrogens is 462 g/mol. The second-order valence-corrected chi connectivity index (χ2v) is 7.16. The fraction of sp³-hybridized carbons (Fsp3) is 0.0833. The first kappa shape index (κ1) is 25.0. The number of carbonyl (C=O) groups excluding carboxylic acids is 1. The molecule has 1 aromatic heterocycles. The molecule has 3 aromatic carbocycles. The number of aromatic nitrogens is 2. The van der Waals surface area contributed by atoms with Gasteiger partial charge in [-0.05, 0) is 42.0 Å².